The van der Waals surface area contributed by atoms with Gasteiger partial charge in [0.15, 0.2) is 0 Å². The molecular weight excluding hydrogens is 344 g/mol. The Hall–Kier alpha value is -2.14. The van der Waals surface area contributed by atoms with Crippen molar-refractivity contribution in [2.75, 3.05) is 6.26 Å². The van der Waals surface area contributed by atoms with Gasteiger partial charge in [-0.15, -0.1) is 11.8 Å². The number of aromatic nitrogens is 2. The summed E-state index contributed by atoms with van der Waals surface area (Å²) in [4.78, 5) is 16.7. The predicted octanol–water partition coefficient (Wildman–Crippen LogP) is 4.97. The molecule has 2 aromatic heterocycles. The quantitative estimate of drug-likeness (QED) is 0.662. The third-order valence-electron chi connectivity index (χ3n) is 5.22. The molecule has 0 spiro atoms. The third kappa shape index (κ3) is 3.16. The third-order valence-corrected chi connectivity index (χ3v) is 5.94. The maximum absolute atomic E-state index is 12.4. The molecule has 1 aliphatic rings. The fourth-order valence-electron chi connectivity index (χ4n) is 3.80. The second kappa shape index (κ2) is 7.23. The van der Waals surface area contributed by atoms with Crippen molar-refractivity contribution in [1.29, 1.82) is 0 Å². The molecule has 1 saturated carbocycles. The first kappa shape index (κ1) is 17.3. The van der Waals surface area contributed by atoms with Crippen LogP contribution in [0.1, 0.15) is 32.1 Å². The Morgan fingerprint density at radius 1 is 1.15 bits per heavy atom. The Kier molecular flexibility index (Phi) is 4.81. The highest BCUT2D eigenvalue weighted by Crippen LogP contribution is 2.38. The minimum atomic E-state index is -0.00970. The first-order chi connectivity index (χ1) is 12.7. The van der Waals surface area contributed by atoms with Gasteiger partial charge in [0.05, 0.1) is 6.10 Å². The number of nitrogens with zero attached hydrogens (tertiary/aromatic N) is 1. The summed E-state index contributed by atoms with van der Waals surface area (Å²) in [7, 11) is 1.80. The zero-order chi connectivity index (χ0) is 18.1. The Labute approximate surface area is 157 Å². The lowest BCUT2D eigenvalue weighted by atomic mass is 9.97. The Balaban J connectivity index is 1.86. The summed E-state index contributed by atoms with van der Waals surface area (Å²) < 4.78 is 8.07. The number of hydrogen-bond acceptors (Lipinski definition) is 3. The van der Waals surface area contributed by atoms with Crippen molar-refractivity contribution >= 4 is 22.7 Å². The SMILES string of the molecule is CSc1ccc(OC2CCCCC2)c(-c2cn(C)c(=O)c3[nH]ccc23)c1. The summed E-state index contributed by atoms with van der Waals surface area (Å²) in [6.45, 7) is 0. The summed E-state index contributed by atoms with van der Waals surface area (Å²) >= 11 is 1.72. The Morgan fingerprint density at radius 3 is 2.73 bits per heavy atom. The Bertz CT molecular complexity index is 983. The standard InChI is InChI=1S/C21H24N2O2S/c1-23-13-18(16-10-11-22-20(16)21(23)24)17-12-15(26-2)8-9-19(17)25-14-6-4-3-5-7-14/h8-14,22H,3-7H2,1-2H3. The van der Waals surface area contributed by atoms with E-state index in [0.717, 1.165) is 35.1 Å². The van der Waals surface area contributed by atoms with Gasteiger partial charge >= 0.3 is 0 Å². The van der Waals surface area contributed by atoms with E-state index in [1.807, 2.05) is 18.5 Å². The smallest absolute Gasteiger partial charge is 0.274 e. The van der Waals surface area contributed by atoms with Gasteiger partial charge in [-0.1, -0.05) is 6.42 Å². The van der Waals surface area contributed by atoms with Crippen LogP contribution < -0.4 is 10.3 Å². The minimum absolute atomic E-state index is 0.00970. The van der Waals surface area contributed by atoms with Crippen LogP contribution >= 0.6 is 11.8 Å². The van der Waals surface area contributed by atoms with Crippen LogP contribution in [0.3, 0.4) is 0 Å². The fourth-order valence-corrected chi connectivity index (χ4v) is 4.24. The summed E-state index contributed by atoms with van der Waals surface area (Å²) in [5.74, 6) is 0.913. The molecule has 5 heteroatoms. The van der Waals surface area contributed by atoms with Crippen molar-refractivity contribution in [3.8, 4) is 16.9 Å². The summed E-state index contributed by atoms with van der Waals surface area (Å²) in [6, 6.07) is 8.35. The van der Waals surface area contributed by atoms with Gasteiger partial charge in [0.2, 0.25) is 0 Å². The van der Waals surface area contributed by atoms with E-state index in [1.165, 1.54) is 24.2 Å². The summed E-state index contributed by atoms with van der Waals surface area (Å²) in [5, 5.41) is 0.944. The molecule has 1 aromatic carbocycles. The average molecular weight is 369 g/mol. The number of benzene rings is 1. The highest BCUT2D eigenvalue weighted by atomic mass is 32.2. The molecule has 2 heterocycles. The van der Waals surface area contributed by atoms with Gasteiger partial charge in [-0.3, -0.25) is 4.79 Å². The van der Waals surface area contributed by atoms with E-state index in [-0.39, 0.29) is 11.7 Å². The maximum atomic E-state index is 12.4. The minimum Gasteiger partial charge on any atom is -0.490 e. The van der Waals surface area contributed by atoms with E-state index in [4.69, 9.17) is 4.74 Å². The lowest BCUT2D eigenvalue weighted by Gasteiger charge is -2.25. The molecule has 0 aliphatic heterocycles. The van der Waals surface area contributed by atoms with E-state index in [1.54, 1.807) is 23.4 Å². The van der Waals surface area contributed by atoms with Gasteiger partial charge in [-0.2, -0.15) is 0 Å². The molecule has 1 aliphatic carbocycles. The molecule has 1 fully saturated rings. The van der Waals surface area contributed by atoms with E-state index >= 15 is 0 Å². The van der Waals surface area contributed by atoms with Gasteiger partial charge in [-0.25, -0.2) is 0 Å². The van der Waals surface area contributed by atoms with Crippen LogP contribution in [0.2, 0.25) is 0 Å². The summed E-state index contributed by atoms with van der Waals surface area (Å²) in [6.07, 6.45) is 12.2. The highest BCUT2D eigenvalue weighted by Gasteiger charge is 2.19. The number of aromatic amines is 1. The zero-order valence-electron chi connectivity index (χ0n) is 15.2. The topological polar surface area (TPSA) is 47.0 Å². The molecule has 0 atom stereocenters. The second-order valence-corrected chi connectivity index (χ2v) is 7.84. The molecule has 4 rings (SSSR count). The van der Waals surface area contributed by atoms with Crippen molar-refractivity contribution < 1.29 is 4.74 Å². The van der Waals surface area contributed by atoms with Crippen LogP contribution in [0.4, 0.5) is 0 Å². The molecular formula is C21H24N2O2S. The highest BCUT2D eigenvalue weighted by molar-refractivity contribution is 7.98. The lowest BCUT2D eigenvalue weighted by molar-refractivity contribution is 0.155. The largest absolute Gasteiger partial charge is 0.490 e. The van der Waals surface area contributed by atoms with Crippen LogP contribution in [0, 0.1) is 0 Å². The molecule has 1 N–H and O–H groups in total. The first-order valence-electron chi connectivity index (χ1n) is 9.19. The predicted molar refractivity (Wildman–Crippen MR) is 108 cm³/mol. The normalized spacial score (nSPS) is 15.5. The number of ether oxygens (including phenoxy) is 1. The number of aryl methyl sites for hydroxylation is 1. The molecule has 0 amide bonds. The lowest BCUT2D eigenvalue weighted by Crippen LogP contribution is -2.20. The molecule has 0 bridgehead atoms. The summed E-state index contributed by atoms with van der Waals surface area (Å²) in [5.41, 5.74) is 2.72. The van der Waals surface area contributed by atoms with Crippen molar-refractivity contribution in [3.63, 3.8) is 0 Å². The van der Waals surface area contributed by atoms with Crippen LogP contribution in [-0.4, -0.2) is 21.9 Å². The molecule has 0 unspecified atom stereocenters. The number of pyridine rings is 1. The first-order valence-corrected chi connectivity index (χ1v) is 10.4. The zero-order valence-corrected chi connectivity index (χ0v) is 16.1. The average Bonchev–Trinajstić information content (AvgIpc) is 3.16. The number of nitrogens with one attached hydrogen (secondary N) is 1. The van der Waals surface area contributed by atoms with Gasteiger partial charge < -0.3 is 14.3 Å². The molecule has 136 valence electrons. The number of thioether (sulfide) groups is 1. The van der Waals surface area contributed by atoms with E-state index < -0.39 is 0 Å². The van der Waals surface area contributed by atoms with Crippen molar-refractivity contribution in [3.05, 3.63) is 47.0 Å². The molecule has 26 heavy (non-hydrogen) atoms. The van der Waals surface area contributed by atoms with E-state index in [2.05, 4.69) is 29.4 Å². The maximum Gasteiger partial charge on any atom is 0.274 e. The van der Waals surface area contributed by atoms with Gasteiger partial charge in [-0.05, 0) is 56.2 Å². The van der Waals surface area contributed by atoms with Crippen molar-refractivity contribution in [2.24, 2.45) is 7.05 Å². The van der Waals surface area contributed by atoms with Crippen LogP contribution in [0.5, 0.6) is 5.75 Å². The molecule has 0 saturated heterocycles. The number of hydrogen-bond donors (Lipinski definition) is 1. The molecule has 3 aromatic rings. The van der Waals surface area contributed by atoms with Crippen molar-refractivity contribution in [2.45, 2.75) is 43.1 Å². The monoisotopic (exact) mass is 368 g/mol. The fraction of sp³-hybridized carbons (Fsp3) is 0.381. The van der Waals surface area contributed by atoms with Crippen LogP contribution in [-0.2, 0) is 7.05 Å². The molecule has 4 nitrogen and oxygen atoms in total. The molecule has 0 radical (unpaired) electrons. The van der Waals surface area contributed by atoms with Gasteiger partial charge in [0, 0.05) is 40.8 Å². The van der Waals surface area contributed by atoms with Crippen molar-refractivity contribution in [1.82, 2.24) is 9.55 Å². The van der Waals surface area contributed by atoms with E-state index in [0.29, 0.717) is 5.52 Å². The van der Waals surface area contributed by atoms with Crippen LogP contribution in [0.25, 0.3) is 22.0 Å². The van der Waals surface area contributed by atoms with E-state index in [9.17, 15) is 4.79 Å². The Morgan fingerprint density at radius 2 is 1.96 bits per heavy atom. The van der Waals surface area contributed by atoms with Gasteiger partial charge in [0.1, 0.15) is 11.3 Å². The number of H-pyrrole nitrogens is 1. The van der Waals surface area contributed by atoms with Gasteiger partial charge in [0.25, 0.3) is 5.56 Å². The second-order valence-electron chi connectivity index (χ2n) is 6.97. The number of rotatable bonds is 4. The number of fused-ring (bicyclic) bond motifs is 1. The van der Waals surface area contributed by atoms with Crippen LogP contribution in [0.15, 0.2) is 46.3 Å².